The van der Waals surface area contributed by atoms with Crippen molar-refractivity contribution in [2.24, 2.45) is 0 Å². The minimum Gasteiger partial charge on any atom is -0.481 e. The van der Waals surface area contributed by atoms with Crippen LogP contribution in [0.15, 0.2) is 71.8 Å². The molecule has 2 aliphatic rings. The number of carboxylic acid groups (broad SMARTS) is 1. The van der Waals surface area contributed by atoms with E-state index < -0.39 is 5.97 Å². The Labute approximate surface area is 208 Å². The quantitative estimate of drug-likeness (QED) is 0.493. The number of hydrogen-bond acceptors (Lipinski definition) is 4. The lowest BCUT2D eigenvalue weighted by atomic mass is 9.93. The van der Waals surface area contributed by atoms with Crippen LogP contribution in [-0.4, -0.2) is 22.6 Å². The van der Waals surface area contributed by atoms with Gasteiger partial charge in [-0.1, -0.05) is 58.7 Å². The number of nitrogens with two attached hydrogens (primary N) is 1. The largest absolute Gasteiger partial charge is 0.481 e. The SMILES string of the molecule is Cc1ccc(CC2=CC(=O)CCC2)cc1.Cc1ccc(N)cc1.O=C(O)CCC1=CC(=O)CCC1. The van der Waals surface area contributed by atoms with E-state index in [1.807, 2.05) is 37.3 Å². The molecular weight excluding hydrogens is 438 g/mol. The number of benzene rings is 2. The smallest absolute Gasteiger partial charge is 0.303 e. The molecule has 5 nitrogen and oxygen atoms in total. The topological polar surface area (TPSA) is 97.5 Å². The van der Waals surface area contributed by atoms with Gasteiger partial charge in [0.25, 0.3) is 0 Å². The molecule has 0 spiro atoms. The zero-order chi connectivity index (χ0) is 25.6. The molecule has 2 aromatic rings. The monoisotopic (exact) mass is 475 g/mol. The Bertz CT molecular complexity index is 1030. The average molecular weight is 476 g/mol. The number of rotatable bonds is 5. The van der Waals surface area contributed by atoms with Gasteiger partial charge in [-0.3, -0.25) is 14.4 Å². The molecule has 0 fully saturated rings. The molecule has 0 saturated carbocycles. The van der Waals surface area contributed by atoms with Crippen LogP contribution in [0.5, 0.6) is 0 Å². The summed E-state index contributed by atoms with van der Waals surface area (Å²) in [4.78, 5) is 32.3. The van der Waals surface area contributed by atoms with Gasteiger partial charge in [-0.05, 0) is 82.2 Å². The van der Waals surface area contributed by atoms with E-state index in [9.17, 15) is 14.4 Å². The number of allylic oxidation sites excluding steroid dienone is 4. The van der Waals surface area contributed by atoms with Crippen LogP contribution in [0.4, 0.5) is 5.69 Å². The third kappa shape index (κ3) is 12.0. The number of aliphatic carboxylic acids is 1. The molecule has 35 heavy (non-hydrogen) atoms. The number of carboxylic acids is 1. The fourth-order valence-electron chi connectivity index (χ4n) is 3.86. The van der Waals surface area contributed by atoms with Gasteiger partial charge in [-0.2, -0.15) is 0 Å². The van der Waals surface area contributed by atoms with E-state index in [2.05, 4.69) is 31.2 Å². The van der Waals surface area contributed by atoms with Crippen molar-refractivity contribution in [1.29, 1.82) is 0 Å². The molecule has 0 bridgehead atoms. The molecule has 2 aromatic carbocycles. The van der Waals surface area contributed by atoms with Crippen molar-refractivity contribution in [3.63, 3.8) is 0 Å². The zero-order valence-electron chi connectivity index (χ0n) is 20.9. The fraction of sp³-hybridized carbons (Fsp3) is 0.367. The van der Waals surface area contributed by atoms with Crippen LogP contribution in [0.1, 0.15) is 68.1 Å². The molecular formula is C30H37NO4. The lowest BCUT2D eigenvalue weighted by Gasteiger charge is -2.11. The molecule has 0 aliphatic heterocycles. The van der Waals surface area contributed by atoms with Crippen LogP contribution < -0.4 is 5.73 Å². The maximum atomic E-state index is 11.2. The van der Waals surface area contributed by atoms with Crippen molar-refractivity contribution in [2.75, 3.05) is 5.73 Å². The minimum absolute atomic E-state index is 0.138. The van der Waals surface area contributed by atoms with Gasteiger partial charge in [0, 0.05) is 24.9 Å². The Hall–Kier alpha value is -3.47. The van der Waals surface area contributed by atoms with Gasteiger partial charge in [-0.25, -0.2) is 0 Å². The lowest BCUT2D eigenvalue weighted by Crippen LogP contribution is -2.04. The maximum Gasteiger partial charge on any atom is 0.303 e. The average Bonchev–Trinajstić information content (AvgIpc) is 2.82. The van der Waals surface area contributed by atoms with Crippen molar-refractivity contribution in [2.45, 2.75) is 71.6 Å². The Morgan fingerprint density at radius 3 is 1.74 bits per heavy atom. The van der Waals surface area contributed by atoms with Crippen LogP contribution in [0, 0.1) is 13.8 Å². The number of hydrogen-bond donors (Lipinski definition) is 2. The van der Waals surface area contributed by atoms with Gasteiger partial charge < -0.3 is 10.8 Å². The summed E-state index contributed by atoms with van der Waals surface area (Å²) in [5.74, 6) is -0.362. The first kappa shape index (κ1) is 27.8. The van der Waals surface area contributed by atoms with Gasteiger partial charge in [-0.15, -0.1) is 0 Å². The van der Waals surface area contributed by atoms with Crippen molar-refractivity contribution < 1.29 is 19.5 Å². The second-order valence-electron chi connectivity index (χ2n) is 9.21. The summed E-state index contributed by atoms with van der Waals surface area (Å²) < 4.78 is 0. The van der Waals surface area contributed by atoms with E-state index >= 15 is 0 Å². The van der Waals surface area contributed by atoms with Crippen LogP contribution in [0.25, 0.3) is 0 Å². The normalized spacial score (nSPS) is 15.0. The van der Waals surface area contributed by atoms with Crippen LogP contribution in [0.2, 0.25) is 0 Å². The number of aryl methyl sites for hydroxylation is 2. The summed E-state index contributed by atoms with van der Waals surface area (Å²) in [6.45, 7) is 4.13. The summed E-state index contributed by atoms with van der Waals surface area (Å²) in [5.41, 5.74) is 12.4. The lowest BCUT2D eigenvalue weighted by molar-refractivity contribution is -0.137. The zero-order valence-corrected chi connectivity index (χ0v) is 20.9. The molecule has 186 valence electrons. The summed E-state index contributed by atoms with van der Waals surface area (Å²) in [7, 11) is 0. The Morgan fingerprint density at radius 1 is 0.771 bits per heavy atom. The third-order valence-electron chi connectivity index (χ3n) is 5.86. The van der Waals surface area contributed by atoms with Crippen LogP contribution >= 0.6 is 0 Å². The van der Waals surface area contributed by atoms with Crippen molar-refractivity contribution in [3.05, 3.63) is 88.5 Å². The molecule has 3 N–H and O–H groups in total. The molecule has 0 saturated heterocycles. The van der Waals surface area contributed by atoms with Gasteiger partial charge >= 0.3 is 5.97 Å². The highest BCUT2D eigenvalue weighted by atomic mass is 16.4. The number of ketones is 2. The standard InChI is InChI=1S/C14H16O.C9H12O3.C7H9N/c1-11-5-7-12(8-6-11)9-13-3-2-4-14(15)10-13;10-8-3-1-2-7(6-8)4-5-9(11)12;1-6-2-4-7(8)5-3-6/h5-8,10H,2-4,9H2,1H3;6H,1-5H2,(H,11,12);2-5H,8H2,1H3. The number of carbonyl (C=O) groups excluding carboxylic acids is 2. The molecule has 4 rings (SSSR count). The first-order valence-electron chi connectivity index (χ1n) is 12.3. The van der Waals surface area contributed by atoms with Gasteiger partial charge in [0.15, 0.2) is 11.6 Å². The van der Waals surface area contributed by atoms with Gasteiger partial charge in [0.2, 0.25) is 0 Å². The fourth-order valence-corrected chi connectivity index (χ4v) is 3.86. The van der Waals surface area contributed by atoms with Crippen molar-refractivity contribution in [3.8, 4) is 0 Å². The first-order valence-corrected chi connectivity index (χ1v) is 12.3. The van der Waals surface area contributed by atoms with E-state index in [1.165, 1.54) is 22.3 Å². The third-order valence-corrected chi connectivity index (χ3v) is 5.86. The molecule has 0 radical (unpaired) electrons. The highest BCUT2D eigenvalue weighted by Crippen LogP contribution is 2.20. The van der Waals surface area contributed by atoms with Crippen molar-refractivity contribution in [1.82, 2.24) is 0 Å². The summed E-state index contributed by atoms with van der Waals surface area (Å²) in [6, 6.07) is 16.3. The van der Waals surface area contributed by atoms with Crippen LogP contribution in [-0.2, 0) is 20.8 Å². The highest BCUT2D eigenvalue weighted by molar-refractivity contribution is 5.91. The minimum atomic E-state index is -0.797. The predicted octanol–water partition coefficient (Wildman–Crippen LogP) is 6.32. The summed E-state index contributed by atoms with van der Waals surface area (Å²) in [5, 5.41) is 8.40. The Balaban J connectivity index is 0.000000194. The number of nitrogen functional groups attached to an aromatic ring is 1. The van der Waals surface area contributed by atoms with Gasteiger partial charge in [0.1, 0.15) is 0 Å². The van der Waals surface area contributed by atoms with E-state index in [-0.39, 0.29) is 12.2 Å². The Kier molecular flexibility index (Phi) is 11.7. The van der Waals surface area contributed by atoms with Gasteiger partial charge in [0.05, 0.1) is 0 Å². The second kappa shape index (κ2) is 14.7. The van der Waals surface area contributed by atoms with E-state index in [0.717, 1.165) is 49.8 Å². The maximum absolute atomic E-state index is 11.2. The number of anilines is 1. The number of carbonyl (C=O) groups is 3. The highest BCUT2D eigenvalue weighted by Gasteiger charge is 2.11. The van der Waals surface area contributed by atoms with E-state index in [4.69, 9.17) is 10.8 Å². The predicted molar refractivity (Wildman–Crippen MR) is 141 cm³/mol. The first-order chi connectivity index (χ1) is 16.7. The summed E-state index contributed by atoms with van der Waals surface area (Å²) >= 11 is 0. The van der Waals surface area contributed by atoms with E-state index in [0.29, 0.717) is 18.6 Å². The molecule has 0 amide bonds. The second-order valence-corrected chi connectivity index (χ2v) is 9.21. The Morgan fingerprint density at radius 2 is 1.26 bits per heavy atom. The molecule has 0 unspecified atom stereocenters. The summed E-state index contributed by atoms with van der Waals surface area (Å²) in [6.07, 6.45) is 10.3. The molecule has 5 heteroatoms. The molecule has 2 aliphatic carbocycles. The molecule has 0 heterocycles. The molecule has 0 aromatic heterocycles. The van der Waals surface area contributed by atoms with Crippen LogP contribution in [0.3, 0.4) is 0 Å². The molecule has 0 atom stereocenters. The van der Waals surface area contributed by atoms with E-state index in [1.54, 1.807) is 6.08 Å². The van der Waals surface area contributed by atoms with Crippen molar-refractivity contribution >= 4 is 23.2 Å².